The molecule has 13 saturated heterocycles. The number of carbonyl (C=O) groups is 1. The number of hydrogen-bond acceptors (Lipinski definition) is 18. The summed E-state index contributed by atoms with van der Waals surface area (Å²) in [4.78, 5) is 40.2. The number of carbonyl (C=O) groups excluding carboxylic acids is 1. The average molecular weight is 1460 g/mol. The van der Waals surface area contributed by atoms with E-state index >= 15 is 0 Å². The number of piperazine rings is 1. The summed E-state index contributed by atoms with van der Waals surface area (Å²) in [5.41, 5.74) is 9.51. The molecule has 0 radical (unpaired) electrons. The van der Waals surface area contributed by atoms with Gasteiger partial charge in [-0.25, -0.2) is 4.79 Å². The van der Waals surface area contributed by atoms with Gasteiger partial charge in [0.15, 0.2) is 0 Å². The second-order valence-corrected chi connectivity index (χ2v) is 38.3. The number of likely N-dealkylation sites (tertiary alicyclic amines) is 8. The van der Waals surface area contributed by atoms with Crippen molar-refractivity contribution in [2.24, 2.45) is 39.7 Å². The van der Waals surface area contributed by atoms with Gasteiger partial charge in [0.25, 0.3) is 0 Å². The van der Waals surface area contributed by atoms with Crippen molar-refractivity contribution in [1.82, 2.24) is 75.7 Å². The van der Waals surface area contributed by atoms with Crippen LogP contribution >= 0.6 is 0 Å². The van der Waals surface area contributed by atoms with Crippen LogP contribution in [0.5, 0.6) is 0 Å². The minimum absolute atomic E-state index is 0.270. The summed E-state index contributed by atoms with van der Waals surface area (Å²) in [6.07, 6.45) is 21.8. The van der Waals surface area contributed by atoms with Gasteiger partial charge in [0, 0.05) is 214 Å². The number of benzene rings is 1. The molecule has 1 aromatic rings. The van der Waals surface area contributed by atoms with Crippen LogP contribution in [0.3, 0.4) is 0 Å². The molecule has 16 rings (SSSR count). The summed E-state index contributed by atoms with van der Waals surface area (Å²) in [6.45, 7) is 73.8. The lowest BCUT2D eigenvalue weighted by molar-refractivity contribution is -0.132. The highest BCUT2D eigenvalue weighted by molar-refractivity contribution is 5.89. The summed E-state index contributed by atoms with van der Waals surface area (Å²) in [5, 5.41) is 18.9. The molecular weight excluding hydrogens is 1290 g/mol. The second-order valence-electron chi connectivity index (χ2n) is 38.3. The van der Waals surface area contributed by atoms with Gasteiger partial charge in [-0.05, 0) is 282 Å². The summed E-state index contributed by atoms with van der Waals surface area (Å²) < 4.78 is 0. The van der Waals surface area contributed by atoms with Gasteiger partial charge in [-0.15, -0.1) is 5.06 Å². The highest BCUT2D eigenvalue weighted by atomic mass is 16.7. The minimum atomic E-state index is -0.270. The number of hydrogen-bond donors (Lipinski definition) is 6. The molecule has 602 valence electrons. The van der Waals surface area contributed by atoms with Crippen LogP contribution in [-0.2, 0) is 4.84 Å². The van der Waals surface area contributed by atoms with Gasteiger partial charge in [-0.3, -0.25) is 29.4 Å². The van der Waals surface area contributed by atoms with E-state index in [0.29, 0.717) is 45.6 Å². The van der Waals surface area contributed by atoms with Crippen LogP contribution in [0.15, 0.2) is 30.3 Å². The smallest absolute Gasteiger partial charge is 0.357 e. The molecule has 18 nitrogen and oxygen atoms in total. The minimum Gasteiger partial charge on any atom is -0.364 e. The van der Waals surface area contributed by atoms with Gasteiger partial charge in [0.1, 0.15) is 0 Å². The molecular formula is C86H166N16O2. The molecule has 13 aliphatic heterocycles. The molecule has 0 aromatic heterocycles. The summed E-state index contributed by atoms with van der Waals surface area (Å²) in [6, 6.07) is 16.1. The van der Waals surface area contributed by atoms with Gasteiger partial charge in [0.2, 0.25) is 0 Å². The molecule has 15 fully saturated rings. The maximum absolute atomic E-state index is 11.9. The van der Waals surface area contributed by atoms with Crippen molar-refractivity contribution in [3.63, 3.8) is 0 Å². The van der Waals surface area contributed by atoms with E-state index in [0.717, 1.165) is 105 Å². The first-order valence-electron chi connectivity index (χ1n) is 43.5. The zero-order chi connectivity index (χ0) is 75.4. The number of nitrogens with two attached hydrogens (primary N) is 1. The molecule has 0 bridgehead atoms. The third-order valence-electron chi connectivity index (χ3n) is 27.3. The Morgan fingerprint density at radius 1 is 0.442 bits per heavy atom. The quantitative estimate of drug-likeness (QED) is 0.111. The van der Waals surface area contributed by atoms with Gasteiger partial charge < -0.3 is 51.9 Å². The molecule has 4 atom stereocenters. The Morgan fingerprint density at radius 2 is 0.923 bits per heavy atom. The molecule has 2 saturated carbocycles. The second kappa shape index (κ2) is 41.5. The number of fused-ring (bicyclic) bond motifs is 1. The maximum Gasteiger partial charge on any atom is 0.357 e. The van der Waals surface area contributed by atoms with E-state index in [1.54, 1.807) is 17.2 Å². The predicted molar refractivity (Wildman–Crippen MR) is 440 cm³/mol. The largest absolute Gasteiger partial charge is 0.364 e. The van der Waals surface area contributed by atoms with Crippen molar-refractivity contribution < 1.29 is 9.63 Å². The number of nitrogens with one attached hydrogen (secondary N) is 5. The van der Waals surface area contributed by atoms with E-state index in [9.17, 15) is 4.79 Å². The fourth-order valence-electron chi connectivity index (χ4n) is 19.7. The number of hydroxylamine groups is 2. The SMILES string of the molecule is CC(C)N1CC(N)C1.CC(C)N1CC2(CCCC2)C1.CC(C)N1CC2(CNC2)C1.CC(C)N1CC2CNCC2C1.CC(C)N1CCC2(CCCN2)C1.CC(C)N1CCC2(CCNC2)C1.CC(C)N1CCCC12CCCC2.CC(C)N1CCN(OC(=O)c2ccccc2)CC1.CNCC1CN(C(C)C)C1. The lowest BCUT2D eigenvalue weighted by atomic mass is 9.74. The van der Waals surface area contributed by atoms with E-state index in [1.807, 2.05) is 25.2 Å². The monoisotopic (exact) mass is 1460 g/mol. The van der Waals surface area contributed by atoms with Crippen LogP contribution in [0, 0.1) is 34.0 Å². The Balaban J connectivity index is 0.000000149. The van der Waals surface area contributed by atoms with Crippen LogP contribution in [0.4, 0.5) is 0 Å². The molecule has 104 heavy (non-hydrogen) atoms. The normalized spacial score (nSPS) is 29.1. The first-order chi connectivity index (χ1) is 49.5. The standard InChI is InChI=1S/C14H20N2O2.C11H21N.2C10H20N2.C10H19N.C9H18N2.C8H16N2.C8H18N2.C6H14N2/c1-12(2)15-8-10-16(11-9-15)18-14(17)13-6-4-3-5-7-13;1-10(2)12-9-5-8-11(12)6-3-4-7-11;1-9(2)12-6-4-10(8-12)3-5-11-7-10;1-9(2)12-7-5-10(8-12)4-3-6-11-10;1-9(2)11-7-10(8-11)5-3-4-6-10;1-7(2)11-5-8-3-10-4-9(8)6-11;1-7(2)10-5-8(6-10)3-9-4-8;1-7(2)10-5-8(6-10)4-9-3;1-5(2)8-3-6(7)4-8/h3-7,12H,8-11H2,1-2H3;10H,3-9H2,1-2H3;2*9,11H,3-8H2,1-2H3;9H,3-8H2,1-2H3;7-10H,3-6H2,1-2H3;7,9H,3-6H2,1-2H3;7-9H,4-6H2,1-3H3;5-6H,3-4,7H2,1-2H3. The third-order valence-corrected chi connectivity index (χ3v) is 27.3. The Bertz CT molecular complexity index is 2450. The van der Waals surface area contributed by atoms with E-state index in [-0.39, 0.29) is 5.97 Å². The van der Waals surface area contributed by atoms with E-state index in [4.69, 9.17) is 10.6 Å². The van der Waals surface area contributed by atoms with Gasteiger partial charge in [-0.1, -0.05) is 43.9 Å². The number of nitrogens with zero attached hydrogens (tertiary/aromatic N) is 10. The summed E-state index contributed by atoms with van der Waals surface area (Å²) in [5.74, 6) is 2.55. The first kappa shape index (κ1) is 87.6. The van der Waals surface area contributed by atoms with E-state index in [2.05, 4.69) is 195 Å². The summed E-state index contributed by atoms with van der Waals surface area (Å²) in [7, 11) is 2.03. The van der Waals surface area contributed by atoms with Crippen molar-refractivity contribution in [2.45, 2.75) is 292 Å². The molecule has 2 aliphatic carbocycles. The lowest BCUT2D eigenvalue weighted by Crippen LogP contribution is -2.72. The molecule has 7 N–H and O–H groups in total. The molecule has 5 spiro atoms. The Hall–Kier alpha value is -1.95. The fourth-order valence-corrected chi connectivity index (χ4v) is 19.7. The Kier molecular flexibility index (Phi) is 35.0. The average Bonchev–Trinajstić information content (AvgIpc) is 1.25. The molecule has 4 unspecified atom stereocenters. The molecule has 15 aliphatic rings. The molecule has 0 amide bonds. The van der Waals surface area contributed by atoms with Crippen molar-refractivity contribution in [3.8, 4) is 0 Å². The fraction of sp³-hybridized carbons (Fsp3) is 0.919. The number of rotatable bonds is 13. The van der Waals surface area contributed by atoms with Crippen molar-refractivity contribution >= 4 is 5.97 Å². The van der Waals surface area contributed by atoms with Crippen LogP contribution < -0.4 is 32.3 Å². The zero-order valence-corrected chi connectivity index (χ0v) is 71.0. The van der Waals surface area contributed by atoms with Crippen LogP contribution in [0.25, 0.3) is 0 Å². The van der Waals surface area contributed by atoms with Gasteiger partial charge >= 0.3 is 5.97 Å². The predicted octanol–water partition coefficient (Wildman–Crippen LogP) is 10.6. The highest BCUT2D eigenvalue weighted by Crippen LogP contribution is 2.47. The van der Waals surface area contributed by atoms with Crippen LogP contribution in [-0.4, -0.2) is 310 Å². The lowest BCUT2D eigenvalue weighted by Gasteiger charge is -2.57. The van der Waals surface area contributed by atoms with Gasteiger partial charge in [0.05, 0.1) is 5.56 Å². The first-order valence-corrected chi connectivity index (χ1v) is 43.5. The molecule has 1 aromatic carbocycles. The molecule has 18 heteroatoms. The van der Waals surface area contributed by atoms with E-state index < -0.39 is 0 Å². The highest BCUT2D eigenvalue weighted by Gasteiger charge is 2.49. The van der Waals surface area contributed by atoms with Crippen LogP contribution in [0.1, 0.15) is 231 Å². The topological polar surface area (TPSA) is 145 Å². The molecule has 13 heterocycles. The third kappa shape index (κ3) is 25.5. The zero-order valence-electron chi connectivity index (χ0n) is 71.0. The summed E-state index contributed by atoms with van der Waals surface area (Å²) >= 11 is 0. The van der Waals surface area contributed by atoms with E-state index in [1.165, 1.54) is 234 Å². The van der Waals surface area contributed by atoms with Gasteiger partial charge in [-0.2, -0.15) is 0 Å². The van der Waals surface area contributed by atoms with Crippen LogP contribution in [0.2, 0.25) is 0 Å². The van der Waals surface area contributed by atoms with Crippen molar-refractivity contribution in [3.05, 3.63) is 35.9 Å². The Morgan fingerprint density at radius 3 is 1.37 bits per heavy atom. The maximum atomic E-state index is 11.9. The van der Waals surface area contributed by atoms with Crippen molar-refractivity contribution in [2.75, 3.05) is 184 Å². The Labute approximate surface area is 640 Å². The van der Waals surface area contributed by atoms with Crippen molar-refractivity contribution in [1.29, 1.82) is 0 Å².